The summed E-state index contributed by atoms with van der Waals surface area (Å²) in [6.07, 6.45) is 0.559. The van der Waals surface area contributed by atoms with Gasteiger partial charge >= 0.3 is 0 Å². The van der Waals surface area contributed by atoms with Crippen LogP contribution in [-0.4, -0.2) is 27.9 Å². The standard InChI is InChI=1S/C23H28N4O2/c1-15(2)23(29)24-12-11-21-25-18-7-5-6-8-20(18)27(21)14-22(28)26-19-13-16(3)9-10-17(19)4/h5-10,13,15H,11-12,14H2,1-4H3,(H,24,29)(H,26,28). The van der Waals surface area contributed by atoms with Crippen molar-refractivity contribution in [3.63, 3.8) is 0 Å². The van der Waals surface area contributed by atoms with Crippen LogP contribution in [0.15, 0.2) is 42.5 Å². The summed E-state index contributed by atoms with van der Waals surface area (Å²) in [6, 6.07) is 13.8. The molecule has 0 spiro atoms. The van der Waals surface area contributed by atoms with E-state index in [1.807, 2.05) is 74.7 Å². The zero-order valence-electron chi connectivity index (χ0n) is 17.5. The number of nitrogens with one attached hydrogen (secondary N) is 2. The van der Waals surface area contributed by atoms with Gasteiger partial charge in [0.2, 0.25) is 11.8 Å². The van der Waals surface area contributed by atoms with Gasteiger partial charge in [-0.2, -0.15) is 0 Å². The lowest BCUT2D eigenvalue weighted by Crippen LogP contribution is -2.30. The second kappa shape index (κ2) is 8.90. The van der Waals surface area contributed by atoms with Gasteiger partial charge in [0.1, 0.15) is 12.4 Å². The molecule has 1 heterocycles. The van der Waals surface area contributed by atoms with Crippen LogP contribution in [-0.2, 0) is 22.6 Å². The normalized spacial score (nSPS) is 11.1. The van der Waals surface area contributed by atoms with E-state index in [0.29, 0.717) is 13.0 Å². The van der Waals surface area contributed by atoms with Gasteiger partial charge in [0.25, 0.3) is 0 Å². The maximum Gasteiger partial charge on any atom is 0.244 e. The molecule has 3 aromatic rings. The number of hydrogen-bond acceptors (Lipinski definition) is 3. The molecule has 2 aromatic carbocycles. The van der Waals surface area contributed by atoms with E-state index in [2.05, 4.69) is 15.6 Å². The number of hydrogen-bond donors (Lipinski definition) is 2. The van der Waals surface area contributed by atoms with Crippen LogP contribution in [0.1, 0.15) is 30.8 Å². The van der Waals surface area contributed by atoms with Crippen molar-refractivity contribution in [3.05, 3.63) is 59.4 Å². The van der Waals surface area contributed by atoms with E-state index in [-0.39, 0.29) is 24.3 Å². The molecule has 0 unspecified atom stereocenters. The summed E-state index contributed by atoms with van der Waals surface area (Å²) in [6.45, 7) is 8.36. The highest BCUT2D eigenvalue weighted by atomic mass is 16.2. The summed E-state index contributed by atoms with van der Waals surface area (Å²) in [5, 5.41) is 5.93. The number of imidazole rings is 1. The molecule has 0 fully saturated rings. The Balaban J connectivity index is 1.78. The van der Waals surface area contributed by atoms with Crippen molar-refractivity contribution in [1.29, 1.82) is 0 Å². The lowest BCUT2D eigenvalue weighted by atomic mass is 10.1. The quantitative estimate of drug-likeness (QED) is 0.645. The van der Waals surface area contributed by atoms with Crippen molar-refractivity contribution < 1.29 is 9.59 Å². The fourth-order valence-corrected chi connectivity index (χ4v) is 3.20. The molecule has 0 saturated heterocycles. The summed E-state index contributed by atoms with van der Waals surface area (Å²) in [5.74, 6) is 0.637. The van der Waals surface area contributed by atoms with Crippen molar-refractivity contribution in [3.8, 4) is 0 Å². The Morgan fingerprint density at radius 2 is 1.86 bits per heavy atom. The van der Waals surface area contributed by atoms with E-state index < -0.39 is 0 Å². The van der Waals surface area contributed by atoms with Crippen LogP contribution in [0.3, 0.4) is 0 Å². The summed E-state index contributed by atoms with van der Waals surface area (Å²) in [5.41, 5.74) is 4.70. The summed E-state index contributed by atoms with van der Waals surface area (Å²) >= 11 is 0. The molecule has 2 amide bonds. The molecule has 6 nitrogen and oxygen atoms in total. The third-order valence-electron chi connectivity index (χ3n) is 4.87. The molecule has 2 N–H and O–H groups in total. The van der Waals surface area contributed by atoms with Crippen molar-refractivity contribution >= 4 is 28.5 Å². The zero-order chi connectivity index (χ0) is 21.0. The van der Waals surface area contributed by atoms with E-state index in [0.717, 1.165) is 33.7 Å². The molecular formula is C23H28N4O2. The number of rotatable bonds is 7. The third kappa shape index (κ3) is 5.02. The predicted octanol–water partition coefficient (Wildman–Crippen LogP) is 3.61. The third-order valence-corrected chi connectivity index (χ3v) is 4.87. The fourth-order valence-electron chi connectivity index (χ4n) is 3.20. The van der Waals surface area contributed by atoms with Gasteiger partial charge < -0.3 is 15.2 Å². The second-order valence-electron chi connectivity index (χ2n) is 7.67. The molecule has 0 radical (unpaired) electrons. The van der Waals surface area contributed by atoms with Gasteiger partial charge in [-0.15, -0.1) is 0 Å². The molecule has 3 rings (SSSR count). The Morgan fingerprint density at radius 1 is 1.10 bits per heavy atom. The maximum absolute atomic E-state index is 12.8. The molecule has 6 heteroatoms. The van der Waals surface area contributed by atoms with Gasteiger partial charge in [-0.1, -0.05) is 38.1 Å². The molecular weight excluding hydrogens is 364 g/mol. The smallest absolute Gasteiger partial charge is 0.244 e. The molecule has 0 aliphatic rings. The number of carbonyl (C=O) groups is 2. The lowest BCUT2D eigenvalue weighted by Gasteiger charge is -2.13. The molecule has 29 heavy (non-hydrogen) atoms. The van der Waals surface area contributed by atoms with Gasteiger partial charge in [-0.3, -0.25) is 9.59 Å². The van der Waals surface area contributed by atoms with E-state index in [1.165, 1.54) is 0 Å². The van der Waals surface area contributed by atoms with Crippen LogP contribution in [0.4, 0.5) is 5.69 Å². The molecule has 152 valence electrons. The number of benzene rings is 2. The molecule has 0 bridgehead atoms. The van der Waals surface area contributed by atoms with Crippen LogP contribution in [0.25, 0.3) is 11.0 Å². The van der Waals surface area contributed by atoms with Crippen molar-refractivity contribution in [1.82, 2.24) is 14.9 Å². The topological polar surface area (TPSA) is 76.0 Å². The Labute approximate surface area is 171 Å². The SMILES string of the molecule is Cc1ccc(C)c(NC(=O)Cn2c(CCNC(=O)C(C)C)nc3ccccc32)c1. The van der Waals surface area contributed by atoms with Gasteiger partial charge in [-0.05, 0) is 43.2 Å². The number of fused-ring (bicyclic) bond motifs is 1. The number of aromatic nitrogens is 2. The average molecular weight is 393 g/mol. The highest BCUT2D eigenvalue weighted by molar-refractivity contribution is 5.92. The highest BCUT2D eigenvalue weighted by Gasteiger charge is 2.15. The Morgan fingerprint density at radius 3 is 2.62 bits per heavy atom. The Bertz CT molecular complexity index is 1040. The first-order valence-electron chi connectivity index (χ1n) is 9.94. The van der Waals surface area contributed by atoms with E-state index in [1.54, 1.807) is 0 Å². The minimum Gasteiger partial charge on any atom is -0.355 e. The van der Waals surface area contributed by atoms with Crippen molar-refractivity contribution in [2.75, 3.05) is 11.9 Å². The summed E-state index contributed by atoms with van der Waals surface area (Å²) < 4.78 is 1.93. The number of carbonyl (C=O) groups excluding carboxylic acids is 2. The first-order valence-corrected chi connectivity index (χ1v) is 9.94. The largest absolute Gasteiger partial charge is 0.355 e. The van der Waals surface area contributed by atoms with Crippen LogP contribution < -0.4 is 10.6 Å². The molecule has 0 atom stereocenters. The zero-order valence-corrected chi connectivity index (χ0v) is 17.5. The monoisotopic (exact) mass is 392 g/mol. The number of para-hydroxylation sites is 2. The predicted molar refractivity (Wildman–Crippen MR) is 116 cm³/mol. The van der Waals surface area contributed by atoms with Crippen LogP contribution in [0.2, 0.25) is 0 Å². The molecule has 0 aliphatic heterocycles. The highest BCUT2D eigenvalue weighted by Crippen LogP contribution is 2.19. The van der Waals surface area contributed by atoms with Gasteiger partial charge in [0.05, 0.1) is 11.0 Å². The maximum atomic E-state index is 12.8. The number of nitrogens with zero attached hydrogens (tertiary/aromatic N) is 2. The van der Waals surface area contributed by atoms with Gasteiger partial charge in [0.15, 0.2) is 0 Å². The first kappa shape index (κ1) is 20.6. The van der Waals surface area contributed by atoms with E-state index in [9.17, 15) is 9.59 Å². The number of aryl methyl sites for hydroxylation is 2. The second-order valence-corrected chi connectivity index (χ2v) is 7.67. The Kier molecular flexibility index (Phi) is 6.32. The van der Waals surface area contributed by atoms with E-state index in [4.69, 9.17) is 0 Å². The number of anilines is 1. The fraction of sp³-hybridized carbons (Fsp3) is 0.348. The van der Waals surface area contributed by atoms with Crippen LogP contribution in [0, 0.1) is 19.8 Å². The minimum atomic E-state index is -0.102. The molecule has 0 saturated carbocycles. The van der Waals surface area contributed by atoms with Crippen LogP contribution in [0.5, 0.6) is 0 Å². The molecule has 0 aliphatic carbocycles. The summed E-state index contributed by atoms with van der Waals surface area (Å²) in [7, 11) is 0. The average Bonchev–Trinajstić information content (AvgIpc) is 3.02. The minimum absolute atomic E-state index is 0.0142. The van der Waals surface area contributed by atoms with Crippen LogP contribution >= 0.6 is 0 Å². The van der Waals surface area contributed by atoms with Gasteiger partial charge in [-0.25, -0.2) is 4.98 Å². The van der Waals surface area contributed by atoms with Crippen molar-refractivity contribution in [2.45, 2.75) is 40.7 Å². The lowest BCUT2D eigenvalue weighted by molar-refractivity contribution is -0.124. The van der Waals surface area contributed by atoms with Gasteiger partial charge in [0, 0.05) is 24.6 Å². The first-order chi connectivity index (χ1) is 13.8. The number of amides is 2. The van der Waals surface area contributed by atoms with Crippen molar-refractivity contribution in [2.24, 2.45) is 5.92 Å². The molecule has 1 aromatic heterocycles. The summed E-state index contributed by atoms with van der Waals surface area (Å²) in [4.78, 5) is 29.3. The van der Waals surface area contributed by atoms with E-state index >= 15 is 0 Å². The Hall–Kier alpha value is -3.15.